The van der Waals surface area contributed by atoms with E-state index in [4.69, 9.17) is 14.7 Å². The smallest absolute Gasteiger partial charge is 0.274 e. The number of carbonyl (C=O) groups is 2. The van der Waals surface area contributed by atoms with Gasteiger partial charge in [-0.3, -0.25) is 14.8 Å². The van der Waals surface area contributed by atoms with Crippen LogP contribution >= 0.6 is 15.9 Å². The number of halogens is 1. The van der Waals surface area contributed by atoms with Crippen molar-refractivity contribution in [3.05, 3.63) is 57.6 Å². The summed E-state index contributed by atoms with van der Waals surface area (Å²) in [6.07, 6.45) is 1.46. The number of methoxy groups -OCH3 is 2. The summed E-state index contributed by atoms with van der Waals surface area (Å²) in [6, 6.07) is 9.15. The molecule has 2 aromatic carbocycles. The van der Waals surface area contributed by atoms with Crippen molar-refractivity contribution in [3.8, 4) is 11.5 Å². The zero-order valence-corrected chi connectivity index (χ0v) is 15.5. The van der Waals surface area contributed by atoms with Crippen LogP contribution in [0.15, 0.2) is 46.0 Å². The Balaban J connectivity index is 2.08. The Hall–Kier alpha value is -2.91. The number of carbonyl (C=O) groups excluding carboxylic acids is 2. The standard InChI is InChI=1S/C17H16BrN3O5/c1-25-14-7-12(13(18)8-15(14)26-2)9-19-20-16(22)10-3-5-11(6-4-10)17(23)21-24/h3-9,24H,1-2H3,(H,20,22)(H,21,23)/b19-9+. The Morgan fingerprint density at radius 3 is 2.12 bits per heavy atom. The van der Waals surface area contributed by atoms with Gasteiger partial charge in [0, 0.05) is 21.2 Å². The molecule has 0 aliphatic carbocycles. The van der Waals surface area contributed by atoms with E-state index in [1.807, 2.05) is 0 Å². The van der Waals surface area contributed by atoms with Crippen molar-refractivity contribution in [3.63, 3.8) is 0 Å². The summed E-state index contributed by atoms with van der Waals surface area (Å²) in [5.74, 6) is -0.0177. The molecule has 0 bridgehead atoms. The van der Waals surface area contributed by atoms with Crippen molar-refractivity contribution in [2.75, 3.05) is 14.2 Å². The van der Waals surface area contributed by atoms with Crippen LogP contribution in [0.1, 0.15) is 26.3 Å². The summed E-state index contributed by atoms with van der Waals surface area (Å²) in [6.45, 7) is 0. The van der Waals surface area contributed by atoms with Crippen LogP contribution < -0.4 is 20.4 Å². The molecule has 0 fully saturated rings. The molecule has 9 heteroatoms. The van der Waals surface area contributed by atoms with E-state index in [1.165, 1.54) is 50.2 Å². The van der Waals surface area contributed by atoms with Crippen LogP contribution in [0.25, 0.3) is 0 Å². The maximum Gasteiger partial charge on any atom is 0.274 e. The minimum absolute atomic E-state index is 0.224. The molecule has 136 valence electrons. The van der Waals surface area contributed by atoms with Gasteiger partial charge in [0.2, 0.25) is 0 Å². The van der Waals surface area contributed by atoms with E-state index < -0.39 is 11.8 Å². The number of hydrazone groups is 1. The van der Waals surface area contributed by atoms with E-state index in [2.05, 4.69) is 26.5 Å². The van der Waals surface area contributed by atoms with Crippen molar-refractivity contribution in [1.29, 1.82) is 0 Å². The lowest BCUT2D eigenvalue weighted by atomic mass is 10.1. The zero-order chi connectivity index (χ0) is 19.1. The van der Waals surface area contributed by atoms with Gasteiger partial charge < -0.3 is 9.47 Å². The van der Waals surface area contributed by atoms with Gasteiger partial charge in [0.15, 0.2) is 11.5 Å². The molecule has 0 aromatic heterocycles. The third kappa shape index (κ3) is 4.58. The third-order valence-corrected chi connectivity index (χ3v) is 4.07. The first-order valence-electron chi connectivity index (χ1n) is 7.29. The van der Waals surface area contributed by atoms with Gasteiger partial charge in [-0.2, -0.15) is 5.10 Å². The third-order valence-electron chi connectivity index (χ3n) is 3.38. The summed E-state index contributed by atoms with van der Waals surface area (Å²) >= 11 is 3.39. The highest BCUT2D eigenvalue weighted by Crippen LogP contribution is 2.32. The van der Waals surface area contributed by atoms with Crippen LogP contribution in [-0.2, 0) is 0 Å². The fraction of sp³-hybridized carbons (Fsp3) is 0.118. The number of benzene rings is 2. The van der Waals surface area contributed by atoms with E-state index in [9.17, 15) is 9.59 Å². The molecule has 0 aliphatic heterocycles. The van der Waals surface area contributed by atoms with Crippen LogP contribution in [0, 0.1) is 0 Å². The minimum Gasteiger partial charge on any atom is -0.493 e. The second-order valence-corrected chi connectivity index (χ2v) is 5.80. The lowest BCUT2D eigenvalue weighted by molar-refractivity contribution is 0.0706. The van der Waals surface area contributed by atoms with Crippen molar-refractivity contribution < 1.29 is 24.3 Å². The predicted octanol–water partition coefficient (Wildman–Crippen LogP) is 2.35. The molecule has 0 saturated carbocycles. The van der Waals surface area contributed by atoms with E-state index in [0.717, 1.165) is 0 Å². The topological polar surface area (TPSA) is 109 Å². The quantitative estimate of drug-likeness (QED) is 0.376. The fourth-order valence-corrected chi connectivity index (χ4v) is 2.46. The van der Waals surface area contributed by atoms with Crippen LogP contribution in [0.3, 0.4) is 0 Å². The van der Waals surface area contributed by atoms with Crippen LogP contribution in [-0.4, -0.2) is 37.5 Å². The molecule has 2 amide bonds. The van der Waals surface area contributed by atoms with Gasteiger partial charge in [0.1, 0.15) is 0 Å². The number of hydroxylamine groups is 1. The normalized spacial score (nSPS) is 10.5. The molecule has 2 rings (SSSR count). The molecule has 0 atom stereocenters. The number of rotatable bonds is 6. The Morgan fingerprint density at radius 2 is 1.58 bits per heavy atom. The zero-order valence-electron chi connectivity index (χ0n) is 13.9. The number of hydrogen-bond acceptors (Lipinski definition) is 6. The lowest BCUT2D eigenvalue weighted by Gasteiger charge is -2.09. The summed E-state index contributed by atoms with van der Waals surface area (Å²) < 4.78 is 11.1. The molecule has 0 heterocycles. The molecular formula is C17H16BrN3O5. The van der Waals surface area contributed by atoms with Gasteiger partial charge in [0.25, 0.3) is 11.8 Å². The highest BCUT2D eigenvalue weighted by atomic mass is 79.9. The number of ether oxygens (including phenoxy) is 2. The molecule has 0 radical (unpaired) electrons. The molecule has 0 unspecified atom stereocenters. The maximum atomic E-state index is 12.1. The first-order chi connectivity index (χ1) is 12.5. The summed E-state index contributed by atoms with van der Waals surface area (Å²) in [5.41, 5.74) is 5.12. The number of nitrogens with one attached hydrogen (secondary N) is 2. The SMILES string of the molecule is COc1cc(Br)c(/C=N/NC(=O)c2ccc(C(=O)NO)cc2)cc1OC. The van der Waals surface area contributed by atoms with Crippen molar-refractivity contribution in [2.45, 2.75) is 0 Å². The summed E-state index contributed by atoms with van der Waals surface area (Å²) in [5, 5.41) is 12.5. The lowest BCUT2D eigenvalue weighted by Crippen LogP contribution is -2.20. The van der Waals surface area contributed by atoms with E-state index in [0.29, 0.717) is 27.1 Å². The van der Waals surface area contributed by atoms with Gasteiger partial charge >= 0.3 is 0 Å². The summed E-state index contributed by atoms with van der Waals surface area (Å²) in [7, 11) is 3.06. The first-order valence-corrected chi connectivity index (χ1v) is 8.09. The molecule has 26 heavy (non-hydrogen) atoms. The molecular weight excluding hydrogens is 406 g/mol. The Bertz CT molecular complexity index is 837. The Morgan fingerprint density at radius 1 is 1.04 bits per heavy atom. The van der Waals surface area contributed by atoms with Gasteiger partial charge in [-0.1, -0.05) is 0 Å². The minimum atomic E-state index is -0.659. The highest BCUT2D eigenvalue weighted by Gasteiger charge is 2.09. The van der Waals surface area contributed by atoms with Gasteiger partial charge in [0.05, 0.1) is 20.4 Å². The number of nitrogens with zero attached hydrogens (tertiary/aromatic N) is 1. The van der Waals surface area contributed by atoms with Crippen LogP contribution in [0.4, 0.5) is 0 Å². The van der Waals surface area contributed by atoms with Crippen LogP contribution in [0.5, 0.6) is 11.5 Å². The van der Waals surface area contributed by atoms with Gasteiger partial charge in [-0.15, -0.1) is 0 Å². The van der Waals surface area contributed by atoms with E-state index >= 15 is 0 Å². The predicted molar refractivity (Wildman–Crippen MR) is 98.0 cm³/mol. The van der Waals surface area contributed by atoms with Crippen molar-refractivity contribution >= 4 is 34.0 Å². The second kappa shape index (κ2) is 8.97. The Labute approximate surface area is 157 Å². The second-order valence-electron chi connectivity index (χ2n) is 4.95. The largest absolute Gasteiger partial charge is 0.493 e. The monoisotopic (exact) mass is 421 g/mol. The average Bonchev–Trinajstić information content (AvgIpc) is 2.68. The molecule has 3 N–H and O–H groups in total. The van der Waals surface area contributed by atoms with Gasteiger partial charge in [-0.05, 0) is 52.3 Å². The number of amides is 2. The van der Waals surface area contributed by atoms with E-state index in [1.54, 1.807) is 12.1 Å². The average molecular weight is 422 g/mol. The first kappa shape index (κ1) is 19.4. The van der Waals surface area contributed by atoms with Crippen molar-refractivity contribution in [2.24, 2.45) is 5.10 Å². The highest BCUT2D eigenvalue weighted by molar-refractivity contribution is 9.10. The summed E-state index contributed by atoms with van der Waals surface area (Å²) in [4.78, 5) is 23.3. The maximum absolute atomic E-state index is 12.1. The molecule has 0 spiro atoms. The van der Waals surface area contributed by atoms with Crippen LogP contribution in [0.2, 0.25) is 0 Å². The molecule has 0 aliphatic rings. The molecule has 8 nitrogen and oxygen atoms in total. The Kier molecular flexibility index (Phi) is 6.70. The van der Waals surface area contributed by atoms with Crippen molar-refractivity contribution in [1.82, 2.24) is 10.9 Å². The molecule has 2 aromatic rings. The molecule has 0 saturated heterocycles. The fourth-order valence-electron chi connectivity index (χ4n) is 2.03. The van der Waals surface area contributed by atoms with Gasteiger partial charge in [-0.25, -0.2) is 10.9 Å². The number of hydrogen-bond donors (Lipinski definition) is 3. The van der Waals surface area contributed by atoms with E-state index in [-0.39, 0.29) is 5.56 Å².